The van der Waals surface area contributed by atoms with Crippen LogP contribution in [0.25, 0.3) is 11.1 Å². The van der Waals surface area contributed by atoms with E-state index in [-0.39, 0.29) is 29.8 Å². The number of thiophene rings is 1. The fourth-order valence-corrected chi connectivity index (χ4v) is 6.54. The fourth-order valence-electron chi connectivity index (χ4n) is 4.10. The van der Waals surface area contributed by atoms with E-state index in [1.165, 1.54) is 23.6 Å². The number of hydrogen-bond acceptors (Lipinski definition) is 4. The highest BCUT2D eigenvalue weighted by atomic mass is 32.2. The summed E-state index contributed by atoms with van der Waals surface area (Å²) >= 11 is 1.25. The van der Waals surface area contributed by atoms with Crippen molar-refractivity contribution in [3.63, 3.8) is 0 Å². The summed E-state index contributed by atoms with van der Waals surface area (Å²) in [6.45, 7) is 7.46. The Bertz CT molecular complexity index is 1310. The van der Waals surface area contributed by atoms with E-state index < -0.39 is 39.5 Å². The quantitative estimate of drug-likeness (QED) is 0.403. The Balaban J connectivity index is 1.99. The first-order chi connectivity index (χ1) is 15.9. The van der Waals surface area contributed by atoms with Crippen LogP contribution < -0.4 is 0 Å². The lowest BCUT2D eigenvalue weighted by atomic mass is 9.92. The largest absolute Gasteiger partial charge is 0.435 e. The van der Waals surface area contributed by atoms with Gasteiger partial charge < -0.3 is 0 Å². The fraction of sp³-hybridized carbons (Fsp3) is 0.391. The zero-order chi connectivity index (χ0) is 25.0. The highest BCUT2D eigenvalue weighted by Crippen LogP contribution is 2.49. The monoisotopic (exact) mass is 510 g/mol. The Morgan fingerprint density at radius 1 is 1.26 bits per heavy atom. The van der Waals surface area contributed by atoms with Crippen molar-refractivity contribution in [3.05, 3.63) is 62.9 Å². The Labute approximate surface area is 201 Å². The van der Waals surface area contributed by atoms with Crippen LogP contribution in [0.2, 0.25) is 0 Å². The maximum absolute atomic E-state index is 15.3. The van der Waals surface area contributed by atoms with Crippen molar-refractivity contribution in [1.82, 2.24) is 14.1 Å². The van der Waals surface area contributed by atoms with E-state index in [9.17, 15) is 22.6 Å². The summed E-state index contributed by atoms with van der Waals surface area (Å²) in [6, 6.07) is 7.05. The van der Waals surface area contributed by atoms with Crippen molar-refractivity contribution in [2.24, 2.45) is 0 Å². The third-order valence-electron chi connectivity index (χ3n) is 5.53. The van der Waals surface area contributed by atoms with Gasteiger partial charge in [-0.15, -0.1) is 11.3 Å². The Kier molecular flexibility index (Phi) is 6.21. The first-order valence-corrected chi connectivity index (χ1v) is 12.4. The van der Waals surface area contributed by atoms with Gasteiger partial charge in [0.15, 0.2) is 5.69 Å². The second kappa shape index (κ2) is 8.59. The maximum atomic E-state index is 15.3. The molecule has 0 radical (unpaired) electrons. The topological polar surface area (TPSA) is 61.9 Å². The predicted molar refractivity (Wildman–Crippen MR) is 123 cm³/mol. The van der Waals surface area contributed by atoms with Gasteiger partial charge in [-0.05, 0) is 51.0 Å². The van der Waals surface area contributed by atoms with Gasteiger partial charge in [0.2, 0.25) is 0 Å². The average Bonchev–Trinajstić information content (AvgIpc) is 3.43. The number of rotatable bonds is 4. The number of nitrogens with zero attached hydrogens (tertiary/aromatic N) is 4. The molecule has 1 aliphatic rings. The molecule has 0 unspecified atom stereocenters. The summed E-state index contributed by atoms with van der Waals surface area (Å²) in [6.07, 6.45) is -3.60. The van der Waals surface area contributed by atoms with E-state index in [1.807, 2.05) is 0 Å². The van der Waals surface area contributed by atoms with Crippen LogP contribution in [-0.4, -0.2) is 23.0 Å². The third kappa shape index (κ3) is 4.19. The number of hydrogen-bond donors (Lipinski definition) is 0. The van der Waals surface area contributed by atoms with Gasteiger partial charge in [0, 0.05) is 35.3 Å². The summed E-state index contributed by atoms with van der Waals surface area (Å²) in [5.41, 5.74) is -0.867. The molecule has 0 aliphatic carbocycles. The van der Waals surface area contributed by atoms with Gasteiger partial charge >= 0.3 is 6.18 Å². The molecule has 0 spiro atoms. The first-order valence-electron chi connectivity index (χ1n) is 10.5. The zero-order valence-corrected chi connectivity index (χ0v) is 20.5. The molecular weight excluding hydrogens is 488 g/mol. The molecule has 0 bridgehead atoms. The lowest BCUT2D eigenvalue weighted by Gasteiger charge is -2.31. The minimum Gasteiger partial charge on any atom is -0.272 e. The molecule has 0 N–H and O–H groups in total. The summed E-state index contributed by atoms with van der Waals surface area (Å²) in [5, 5.41) is 13.0. The van der Waals surface area contributed by atoms with Crippen molar-refractivity contribution in [1.29, 1.82) is 5.26 Å². The highest BCUT2D eigenvalue weighted by Gasteiger charge is 2.44. The molecule has 11 heteroatoms. The number of benzene rings is 1. The molecule has 0 saturated carbocycles. The summed E-state index contributed by atoms with van der Waals surface area (Å²) < 4.78 is 72.6. The second-order valence-electron chi connectivity index (χ2n) is 8.89. The molecule has 5 nitrogen and oxygen atoms in total. The molecule has 0 amide bonds. The minimum atomic E-state index is -4.79. The molecule has 1 aromatic carbocycles. The molecule has 1 aliphatic heterocycles. The van der Waals surface area contributed by atoms with Crippen LogP contribution in [-0.2, 0) is 30.3 Å². The number of nitriles is 1. The van der Waals surface area contributed by atoms with E-state index in [1.54, 1.807) is 44.1 Å². The van der Waals surface area contributed by atoms with Crippen LogP contribution >= 0.6 is 11.3 Å². The van der Waals surface area contributed by atoms with Crippen LogP contribution in [0.3, 0.4) is 0 Å². The first kappa shape index (κ1) is 24.6. The standard InChI is InChI=1S/C23H22F4N4OS2/c1-5-30-11-16(21(29-30)23(25,26)27)19-14(7-6-8-17(19)24)20-15-9-13(10-28)33-18(15)12-31(20)34(32)22(2,3)4/h6-9,11,20H,5,12H2,1-4H3/t20-,34+/m0/s1. The molecule has 180 valence electrons. The van der Waals surface area contributed by atoms with Crippen molar-refractivity contribution in [2.75, 3.05) is 0 Å². The van der Waals surface area contributed by atoms with Crippen LogP contribution in [0.1, 0.15) is 60.3 Å². The van der Waals surface area contributed by atoms with E-state index in [0.29, 0.717) is 10.4 Å². The third-order valence-corrected chi connectivity index (χ3v) is 8.39. The zero-order valence-electron chi connectivity index (χ0n) is 18.9. The molecule has 3 heterocycles. The van der Waals surface area contributed by atoms with Gasteiger partial charge in [0.1, 0.15) is 27.7 Å². The molecule has 0 fully saturated rings. The average molecular weight is 511 g/mol. The van der Waals surface area contributed by atoms with Crippen molar-refractivity contribution < 1.29 is 21.8 Å². The van der Waals surface area contributed by atoms with Gasteiger partial charge in [0.05, 0.1) is 10.8 Å². The highest BCUT2D eigenvalue weighted by molar-refractivity contribution is 7.84. The van der Waals surface area contributed by atoms with E-state index in [0.717, 1.165) is 15.6 Å². The number of alkyl halides is 3. The van der Waals surface area contributed by atoms with Gasteiger partial charge in [-0.25, -0.2) is 12.9 Å². The number of aryl methyl sites for hydroxylation is 1. The lowest BCUT2D eigenvalue weighted by Crippen LogP contribution is -2.37. The molecule has 34 heavy (non-hydrogen) atoms. The molecule has 3 aromatic rings. The number of aromatic nitrogens is 2. The van der Waals surface area contributed by atoms with Crippen molar-refractivity contribution >= 4 is 22.3 Å². The maximum Gasteiger partial charge on any atom is 0.435 e. The van der Waals surface area contributed by atoms with Crippen molar-refractivity contribution in [3.8, 4) is 17.2 Å². The van der Waals surface area contributed by atoms with Crippen LogP contribution in [0.5, 0.6) is 0 Å². The lowest BCUT2D eigenvalue weighted by molar-refractivity contribution is -0.141. The Morgan fingerprint density at radius 2 is 1.97 bits per heavy atom. The molecular formula is C23H22F4N4OS2. The van der Waals surface area contributed by atoms with E-state index >= 15 is 4.39 Å². The summed E-state index contributed by atoms with van der Waals surface area (Å²) in [4.78, 5) is 1.22. The molecule has 0 saturated heterocycles. The molecule has 4 rings (SSSR count). The van der Waals surface area contributed by atoms with Crippen LogP contribution in [0.4, 0.5) is 17.6 Å². The smallest absolute Gasteiger partial charge is 0.272 e. The van der Waals surface area contributed by atoms with Gasteiger partial charge in [-0.2, -0.15) is 23.5 Å². The minimum absolute atomic E-state index is 0.177. The predicted octanol–water partition coefficient (Wildman–Crippen LogP) is 6.03. The van der Waals surface area contributed by atoms with Gasteiger partial charge in [-0.1, -0.05) is 12.1 Å². The van der Waals surface area contributed by atoms with E-state index in [2.05, 4.69) is 11.2 Å². The SMILES string of the molecule is CCn1cc(-c2c(F)cccc2[C@H]2c3cc(C#N)sc3CN2[S@](=O)C(C)(C)C)c(C(F)(F)F)n1. The van der Waals surface area contributed by atoms with Crippen LogP contribution in [0, 0.1) is 17.1 Å². The summed E-state index contributed by atoms with van der Waals surface area (Å²) in [5.74, 6) is -0.829. The molecule has 2 atom stereocenters. The van der Waals surface area contributed by atoms with E-state index in [4.69, 9.17) is 0 Å². The summed E-state index contributed by atoms with van der Waals surface area (Å²) in [7, 11) is -1.55. The number of fused-ring (bicyclic) bond motifs is 1. The van der Waals surface area contributed by atoms with Gasteiger partial charge in [-0.3, -0.25) is 4.68 Å². The van der Waals surface area contributed by atoms with Crippen molar-refractivity contribution in [2.45, 2.75) is 57.7 Å². The normalized spacial score (nSPS) is 17.6. The Hall–Kier alpha value is -2.55. The Morgan fingerprint density at radius 3 is 2.56 bits per heavy atom. The van der Waals surface area contributed by atoms with Gasteiger partial charge in [0.25, 0.3) is 0 Å². The number of halogens is 4. The molecule has 2 aromatic heterocycles. The second-order valence-corrected chi connectivity index (χ2v) is 12.2. The van der Waals surface area contributed by atoms with Crippen LogP contribution in [0.15, 0.2) is 30.5 Å².